The molecule has 1 aliphatic heterocycles. The third kappa shape index (κ3) is 2.32. The van der Waals surface area contributed by atoms with Crippen molar-refractivity contribution in [2.75, 3.05) is 13.2 Å². The summed E-state index contributed by atoms with van der Waals surface area (Å²) in [4.78, 5) is 11.3. The number of carbonyl (C=O) groups is 1. The molecule has 1 N–H and O–H groups in total. The van der Waals surface area contributed by atoms with Crippen molar-refractivity contribution < 1.29 is 14.7 Å². The predicted molar refractivity (Wildman–Crippen MR) is 47.0 cm³/mol. The van der Waals surface area contributed by atoms with E-state index in [2.05, 4.69) is 0 Å². The van der Waals surface area contributed by atoms with Gasteiger partial charge in [0.2, 0.25) is 0 Å². The van der Waals surface area contributed by atoms with E-state index in [0.717, 1.165) is 10.6 Å². The van der Waals surface area contributed by atoms with Gasteiger partial charge in [0.1, 0.15) is 0 Å². The Morgan fingerprint density at radius 1 is 1.77 bits per heavy atom. The lowest BCUT2D eigenvalue weighted by atomic mass is 10.1. The van der Waals surface area contributed by atoms with Crippen LogP contribution in [-0.4, -0.2) is 29.4 Å². The van der Waals surface area contributed by atoms with E-state index in [1.54, 1.807) is 13.0 Å². The van der Waals surface area contributed by atoms with Crippen molar-refractivity contribution in [3.63, 3.8) is 0 Å². The fraction of sp³-hybridized carbons (Fsp3) is 0.444. The number of ether oxygens (including phenoxy) is 1. The van der Waals surface area contributed by atoms with Gasteiger partial charge in [-0.2, -0.15) is 0 Å². The third-order valence-corrected chi connectivity index (χ3v) is 1.78. The highest BCUT2D eigenvalue weighted by Crippen LogP contribution is 2.16. The second-order valence-electron chi connectivity index (χ2n) is 2.77. The van der Waals surface area contributed by atoms with Gasteiger partial charge in [0.15, 0.2) is 0 Å². The van der Waals surface area contributed by atoms with Crippen molar-refractivity contribution in [3.8, 4) is 0 Å². The Kier molecular flexibility index (Phi) is 3.08. The van der Waals surface area contributed by atoms with Gasteiger partial charge in [-0.05, 0) is 19.4 Å². The zero-order valence-corrected chi connectivity index (χ0v) is 7.78. The molecule has 0 aromatic carbocycles. The molecule has 0 saturated carbocycles. The number of esters is 1. The molecule has 0 aromatic rings. The Hall–Kier alpha value is -1.29. The van der Waals surface area contributed by atoms with Crippen LogP contribution in [0.3, 0.4) is 0 Å². The largest absolute Gasteiger partial charge is 0.462 e. The van der Waals surface area contributed by atoms with Gasteiger partial charge in [-0.3, -0.25) is 10.3 Å². The molecule has 0 atom stereocenters. The van der Waals surface area contributed by atoms with Crippen LogP contribution < -0.4 is 0 Å². The van der Waals surface area contributed by atoms with Crippen LogP contribution in [0.25, 0.3) is 0 Å². The lowest BCUT2D eigenvalue weighted by Crippen LogP contribution is -2.21. The molecular weight excluding hydrogens is 170 g/mol. The molecule has 1 heterocycles. The maximum atomic E-state index is 11.3. The average molecular weight is 183 g/mol. The van der Waals surface area contributed by atoms with Gasteiger partial charge in [-0.15, -0.1) is 0 Å². The van der Waals surface area contributed by atoms with E-state index in [1.807, 2.05) is 6.92 Å². The Labute approximate surface area is 77.1 Å². The van der Waals surface area contributed by atoms with E-state index < -0.39 is 5.97 Å². The average Bonchev–Trinajstić information content (AvgIpc) is 2.09. The van der Waals surface area contributed by atoms with Crippen molar-refractivity contribution >= 4 is 5.97 Å². The highest BCUT2D eigenvalue weighted by molar-refractivity contribution is 5.93. The first-order valence-electron chi connectivity index (χ1n) is 4.16. The molecule has 0 aliphatic carbocycles. The quantitative estimate of drug-likeness (QED) is 0.651. The molecule has 0 unspecified atom stereocenters. The lowest BCUT2D eigenvalue weighted by Gasteiger charge is -2.18. The lowest BCUT2D eigenvalue weighted by molar-refractivity contribution is -0.138. The minimum absolute atomic E-state index is 0.342. The van der Waals surface area contributed by atoms with E-state index in [0.29, 0.717) is 18.7 Å². The standard InChI is InChI=1S/C9H13NO3/c1-3-13-9(11)8-6-10(12)5-4-7(8)2/h4,6,12H,3,5H2,1-2H3. The van der Waals surface area contributed by atoms with E-state index >= 15 is 0 Å². The summed E-state index contributed by atoms with van der Waals surface area (Å²) >= 11 is 0. The summed E-state index contributed by atoms with van der Waals surface area (Å²) in [6.45, 7) is 4.32. The Morgan fingerprint density at radius 3 is 3.08 bits per heavy atom. The smallest absolute Gasteiger partial charge is 0.339 e. The molecule has 0 spiro atoms. The van der Waals surface area contributed by atoms with Crippen LogP contribution >= 0.6 is 0 Å². The maximum absolute atomic E-state index is 11.3. The van der Waals surface area contributed by atoms with Gasteiger partial charge in [0, 0.05) is 6.20 Å². The SMILES string of the molecule is CCOC(=O)C1=CN(O)CC=C1C. The normalized spacial score (nSPS) is 16.4. The predicted octanol–water partition coefficient (Wildman–Crippen LogP) is 1.08. The molecule has 0 aromatic heterocycles. The minimum atomic E-state index is -0.394. The van der Waals surface area contributed by atoms with Gasteiger partial charge in [0.05, 0.1) is 18.7 Å². The Morgan fingerprint density at radius 2 is 2.46 bits per heavy atom. The number of carbonyl (C=O) groups excluding carboxylic acids is 1. The highest BCUT2D eigenvalue weighted by Gasteiger charge is 2.16. The summed E-state index contributed by atoms with van der Waals surface area (Å²) in [6, 6.07) is 0. The van der Waals surface area contributed by atoms with Gasteiger partial charge < -0.3 is 4.74 Å². The highest BCUT2D eigenvalue weighted by atomic mass is 16.5. The number of hydrogen-bond donors (Lipinski definition) is 1. The topological polar surface area (TPSA) is 49.8 Å². The fourth-order valence-corrected chi connectivity index (χ4v) is 1.07. The van der Waals surface area contributed by atoms with Crippen molar-refractivity contribution in [3.05, 3.63) is 23.4 Å². The van der Waals surface area contributed by atoms with Crippen LogP contribution in [0.5, 0.6) is 0 Å². The molecule has 0 bridgehead atoms. The van der Waals surface area contributed by atoms with Crippen molar-refractivity contribution in [1.82, 2.24) is 5.06 Å². The van der Waals surface area contributed by atoms with E-state index in [9.17, 15) is 4.79 Å². The summed E-state index contributed by atoms with van der Waals surface area (Å²) in [5, 5.41) is 10.1. The van der Waals surface area contributed by atoms with E-state index in [4.69, 9.17) is 9.94 Å². The molecule has 1 rings (SSSR count). The number of nitrogens with zero attached hydrogens (tertiary/aromatic N) is 1. The number of rotatable bonds is 2. The summed E-state index contributed by atoms with van der Waals surface area (Å²) in [5.74, 6) is -0.394. The monoisotopic (exact) mass is 183 g/mol. The molecular formula is C9H13NO3. The van der Waals surface area contributed by atoms with Gasteiger partial charge >= 0.3 is 5.97 Å². The van der Waals surface area contributed by atoms with Gasteiger partial charge in [-0.1, -0.05) is 6.08 Å². The molecule has 0 amide bonds. The van der Waals surface area contributed by atoms with Gasteiger partial charge in [-0.25, -0.2) is 4.79 Å². The van der Waals surface area contributed by atoms with Crippen LogP contribution in [0.4, 0.5) is 0 Å². The van der Waals surface area contributed by atoms with E-state index in [1.165, 1.54) is 6.20 Å². The summed E-state index contributed by atoms with van der Waals surface area (Å²) in [5.41, 5.74) is 1.25. The van der Waals surface area contributed by atoms with Crippen molar-refractivity contribution in [2.24, 2.45) is 0 Å². The first-order chi connectivity index (χ1) is 6.15. The molecule has 0 fully saturated rings. The van der Waals surface area contributed by atoms with Crippen molar-refractivity contribution in [2.45, 2.75) is 13.8 Å². The maximum Gasteiger partial charge on any atom is 0.339 e. The molecule has 4 nitrogen and oxygen atoms in total. The molecule has 0 saturated heterocycles. The first-order valence-corrected chi connectivity index (χ1v) is 4.16. The zero-order valence-electron chi connectivity index (χ0n) is 7.78. The van der Waals surface area contributed by atoms with Crippen LogP contribution in [0.1, 0.15) is 13.8 Å². The summed E-state index contributed by atoms with van der Waals surface area (Å²) in [7, 11) is 0. The van der Waals surface area contributed by atoms with Crippen molar-refractivity contribution in [1.29, 1.82) is 0 Å². The van der Waals surface area contributed by atoms with Crippen LogP contribution in [0.2, 0.25) is 0 Å². The Bertz CT molecular complexity index is 268. The number of hydrogen-bond acceptors (Lipinski definition) is 4. The molecule has 72 valence electrons. The van der Waals surface area contributed by atoms with Crippen LogP contribution in [0.15, 0.2) is 23.4 Å². The first kappa shape index (κ1) is 9.80. The zero-order chi connectivity index (χ0) is 9.84. The third-order valence-electron chi connectivity index (χ3n) is 1.78. The molecule has 0 radical (unpaired) electrons. The van der Waals surface area contributed by atoms with Crippen LogP contribution in [-0.2, 0) is 9.53 Å². The summed E-state index contributed by atoms with van der Waals surface area (Å²) in [6.07, 6.45) is 3.15. The minimum Gasteiger partial charge on any atom is -0.462 e. The Balaban J connectivity index is 2.76. The second-order valence-corrected chi connectivity index (χ2v) is 2.77. The fourth-order valence-electron chi connectivity index (χ4n) is 1.07. The van der Waals surface area contributed by atoms with Gasteiger partial charge in [0.25, 0.3) is 0 Å². The second kappa shape index (κ2) is 4.09. The molecule has 4 heteroatoms. The van der Waals surface area contributed by atoms with E-state index in [-0.39, 0.29) is 0 Å². The summed E-state index contributed by atoms with van der Waals surface area (Å²) < 4.78 is 4.81. The molecule has 13 heavy (non-hydrogen) atoms. The molecule has 1 aliphatic rings. The van der Waals surface area contributed by atoms with Crippen LogP contribution in [0, 0.1) is 0 Å². The number of hydroxylamine groups is 2.